The van der Waals surface area contributed by atoms with Crippen LogP contribution in [-0.4, -0.2) is 24.6 Å². The van der Waals surface area contributed by atoms with Crippen molar-refractivity contribution in [2.45, 2.75) is 28.7 Å². The molecule has 2 atom stereocenters. The molecule has 0 amide bonds. The van der Waals surface area contributed by atoms with Gasteiger partial charge in [0.05, 0.1) is 16.4 Å². The van der Waals surface area contributed by atoms with Crippen LogP contribution in [0.5, 0.6) is 0 Å². The first-order valence-electron chi connectivity index (χ1n) is 13.4. The van der Waals surface area contributed by atoms with E-state index < -0.39 is 21.5 Å². The number of benzene rings is 5. The summed E-state index contributed by atoms with van der Waals surface area (Å²) in [6.45, 7) is 0. The first kappa shape index (κ1) is 25.8. The number of nitrogens with zero attached hydrogens (tertiary/aromatic N) is 1. The van der Waals surface area contributed by atoms with Crippen molar-refractivity contribution < 1.29 is 8.42 Å². The Morgan fingerprint density at radius 2 is 1.02 bits per heavy atom. The molecule has 1 heterocycles. The summed E-state index contributed by atoms with van der Waals surface area (Å²) in [6.07, 6.45) is 0.455. The Morgan fingerprint density at radius 3 is 1.52 bits per heavy atom. The molecule has 1 N–H and O–H groups in total. The van der Waals surface area contributed by atoms with Gasteiger partial charge < -0.3 is 0 Å². The summed E-state index contributed by atoms with van der Waals surface area (Å²) in [5.74, 6) is -0.312. The number of rotatable bonds is 7. The van der Waals surface area contributed by atoms with Crippen molar-refractivity contribution >= 4 is 15.9 Å². The predicted octanol–water partition coefficient (Wildman–Crippen LogP) is 7.05. The molecular formula is C35H30N2O2S. The van der Waals surface area contributed by atoms with Crippen molar-refractivity contribution in [3.05, 3.63) is 174 Å². The molecule has 1 saturated heterocycles. The monoisotopic (exact) mass is 542 g/mol. The Kier molecular flexibility index (Phi) is 6.82. The SMILES string of the molecule is N=C1N(S(=O)(=O)c2ccccc2)[C@@H](Cc2ccccc2)[C@H](c2ccccc2)C1(c1ccccc1)c1ccccc1. The van der Waals surface area contributed by atoms with Crippen LogP contribution in [-0.2, 0) is 21.9 Å². The fourth-order valence-electron chi connectivity index (χ4n) is 6.31. The molecule has 5 aromatic carbocycles. The fourth-order valence-corrected chi connectivity index (χ4v) is 7.97. The summed E-state index contributed by atoms with van der Waals surface area (Å²) in [7, 11) is -4.08. The quantitative estimate of drug-likeness (QED) is 0.240. The van der Waals surface area contributed by atoms with Crippen LogP contribution >= 0.6 is 0 Å². The highest BCUT2D eigenvalue weighted by atomic mass is 32.2. The van der Waals surface area contributed by atoms with Crippen molar-refractivity contribution in [2.75, 3.05) is 0 Å². The van der Waals surface area contributed by atoms with E-state index in [1.807, 2.05) is 109 Å². The number of amidine groups is 1. The van der Waals surface area contributed by atoms with Crippen LogP contribution in [0.1, 0.15) is 28.2 Å². The van der Waals surface area contributed by atoms with E-state index in [0.717, 1.165) is 22.3 Å². The van der Waals surface area contributed by atoms with Gasteiger partial charge in [-0.2, -0.15) is 0 Å². The predicted molar refractivity (Wildman–Crippen MR) is 160 cm³/mol. The normalized spacial score (nSPS) is 18.5. The lowest BCUT2D eigenvalue weighted by atomic mass is 9.62. The fraction of sp³-hybridized carbons (Fsp3) is 0.114. The van der Waals surface area contributed by atoms with Gasteiger partial charge in [-0.25, -0.2) is 12.7 Å². The average molecular weight is 543 g/mol. The first-order chi connectivity index (χ1) is 19.5. The third-order valence-corrected chi connectivity index (χ3v) is 9.79. The molecule has 0 aromatic heterocycles. The van der Waals surface area contributed by atoms with Crippen molar-refractivity contribution in [3.63, 3.8) is 0 Å². The minimum absolute atomic E-state index is 0.0588. The van der Waals surface area contributed by atoms with Crippen LogP contribution in [0.3, 0.4) is 0 Å². The smallest absolute Gasteiger partial charge is 0.265 e. The van der Waals surface area contributed by atoms with E-state index in [2.05, 4.69) is 12.1 Å². The van der Waals surface area contributed by atoms with Crippen LogP contribution in [0, 0.1) is 5.41 Å². The van der Waals surface area contributed by atoms with E-state index in [4.69, 9.17) is 0 Å². The molecule has 0 radical (unpaired) electrons. The van der Waals surface area contributed by atoms with E-state index in [1.54, 1.807) is 30.3 Å². The average Bonchev–Trinajstić information content (AvgIpc) is 3.28. The second-order valence-corrected chi connectivity index (χ2v) is 12.0. The number of hydrogen-bond donors (Lipinski definition) is 1. The number of nitrogens with one attached hydrogen (secondary N) is 1. The van der Waals surface area contributed by atoms with Gasteiger partial charge in [-0.3, -0.25) is 5.41 Å². The summed E-state index contributed by atoms with van der Waals surface area (Å²) in [5, 5.41) is 9.91. The summed E-state index contributed by atoms with van der Waals surface area (Å²) in [6, 6.07) is 47.9. The van der Waals surface area contributed by atoms with E-state index in [1.165, 1.54) is 4.31 Å². The molecule has 0 aliphatic carbocycles. The zero-order valence-electron chi connectivity index (χ0n) is 22.0. The van der Waals surface area contributed by atoms with Crippen LogP contribution < -0.4 is 0 Å². The summed E-state index contributed by atoms with van der Waals surface area (Å²) < 4.78 is 30.5. The topological polar surface area (TPSA) is 61.2 Å². The van der Waals surface area contributed by atoms with E-state index in [9.17, 15) is 13.8 Å². The molecule has 6 rings (SSSR count). The summed E-state index contributed by atoms with van der Waals surface area (Å²) in [4.78, 5) is 0.182. The molecule has 5 aromatic rings. The van der Waals surface area contributed by atoms with Gasteiger partial charge in [0.25, 0.3) is 10.0 Å². The number of hydrogen-bond acceptors (Lipinski definition) is 3. The molecule has 0 unspecified atom stereocenters. The zero-order chi connectivity index (χ0) is 27.6. The lowest BCUT2D eigenvalue weighted by Gasteiger charge is -2.37. The second kappa shape index (κ2) is 10.6. The van der Waals surface area contributed by atoms with Crippen LogP contribution in [0.4, 0.5) is 0 Å². The largest absolute Gasteiger partial charge is 0.286 e. The maximum Gasteiger partial charge on any atom is 0.265 e. The highest BCUT2D eigenvalue weighted by Crippen LogP contribution is 2.55. The standard InChI is InChI=1S/C35H30N2O2S/c36-34-35(29-20-10-3-11-21-29,30-22-12-4-13-23-30)33(28-18-8-2-9-19-28)32(26-27-16-6-1-7-17-27)37(34)40(38,39)31-24-14-5-15-25-31/h1-25,32-33,36H,26H2/t32-,33-/m0/s1. The molecule has 198 valence electrons. The second-order valence-electron chi connectivity index (χ2n) is 10.1. The first-order valence-corrected chi connectivity index (χ1v) is 14.9. The van der Waals surface area contributed by atoms with Gasteiger partial charge in [0.2, 0.25) is 0 Å². The van der Waals surface area contributed by atoms with E-state index in [0.29, 0.717) is 6.42 Å². The lowest BCUT2D eigenvalue weighted by molar-refractivity contribution is 0.390. The van der Waals surface area contributed by atoms with Gasteiger partial charge in [0, 0.05) is 5.92 Å². The maximum absolute atomic E-state index is 14.6. The third kappa shape index (κ3) is 4.23. The zero-order valence-corrected chi connectivity index (χ0v) is 22.8. The molecular weight excluding hydrogens is 512 g/mol. The molecule has 1 aliphatic heterocycles. The summed E-state index contributed by atoms with van der Waals surface area (Å²) in [5.41, 5.74) is 2.75. The van der Waals surface area contributed by atoms with Gasteiger partial charge in [-0.15, -0.1) is 0 Å². The molecule has 0 bridgehead atoms. The van der Waals surface area contributed by atoms with Crippen molar-refractivity contribution in [1.29, 1.82) is 5.41 Å². The van der Waals surface area contributed by atoms with Gasteiger partial charge >= 0.3 is 0 Å². The molecule has 0 saturated carbocycles. The Balaban J connectivity index is 1.70. The van der Waals surface area contributed by atoms with Crippen molar-refractivity contribution in [1.82, 2.24) is 4.31 Å². The summed E-state index contributed by atoms with van der Waals surface area (Å²) >= 11 is 0. The molecule has 4 nitrogen and oxygen atoms in total. The molecule has 1 fully saturated rings. The molecule has 0 spiro atoms. The highest BCUT2D eigenvalue weighted by molar-refractivity contribution is 7.89. The minimum atomic E-state index is -4.08. The van der Waals surface area contributed by atoms with Gasteiger partial charge in [0.15, 0.2) is 0 Å². The van der Waals surface area contributed by atoms with Gasteiger partial charge in [-0.1, -0.05) is 140 Å². The number of sulfonamides is 1. The Bertz CT molecular complexity index is 1650. The molecule has 5 heteroatoms. The molecule has 1 aliphatic rings. The highest BCUT2D eigenvalue weighted by Gasteiger charge is 2.61. The van der Waals surface area contributed by atoms with Gasteiger partial charge in [-0.05, 0) is 40.8 Å². The Labute approximate surface area is 236 Å². The van der Waals surface area contributed by atoms with Crippen LogP contribution in [0.15, 0.2) is 157 Å². The van der Waals surface area contributed by atoms with Crippen LogP contribution in [0.25, 0.3) is 0 Å². The van der Waals surface area contributed by atoms with E-state index >= 15 is 0 Å². The lowest BCUT2D eigenvalue weighted by Crippen LogP contribution is -2.43. The van der Waals surface area contributed by atoms with Crippen molar-refractivity contribution in [3.8, 4) is 0 Å². The maximum atomic E-state index is 14.6. The molecule has 40 heavy (non-hydrogen) atoms. The minimum Gasteiger partial charge on any atom is -0.286 e. The third-order valence-electron chi connectivity index (χ3n) is 7.95. The van der Waals surface area contributed by atoms with Gasteiger partial charge in [0.1, 0.15) is 5.84 Å². The van der Waals surface area contributed by atoms with E-state index in [-0.39, 0.29) is 16.6 Å². The van der Waals surface area contributed by atoms with Crippen molar-refractivity contribution in [2.24, 2.45) is 0 Å². The Morgan fingerprint density at radius 1 is 0.600 bits per heavy atom. The Hall–Kier alpha value is -4.48. The van der Waals surface area contributed by atoms with Crippen LogP contribution in [0.2, 0.25) is 0 Å².